The van der Waals surface area contributed by atoms with Gasteiger partial charge in [-0.05, 0) is 37.3 Å². The number of carbonyl (C=O) groups excluding carboxylic acids is 1. The van der Waals surface area contributed by atoms with Gasteiger partial charge in [-0.25, -0.2) is 4.39 Å². The van der Waals surface area contributed by atoms with E-state index >= 15 is 0 Å². The summed E-state index contributed by atoms with van der Waals surface area (Å²) in [5.41, 5.74) is 8.02. The minimum absolute atomic E-state index is 0.208. The number of carbonyl (C=O) groups is 1. The van der Waals surface area contributed by atoms with Gasteiger partial charge in [0.05, 0.1) is 17.1 Å². The Morgan fingerprint density at radius 1 is 1.24 bits per heavy atom. The number of nitrogens with two attached hydrogens (primary N) is 1. The highest BCUT2D eigenvalue weighted by Gasteiger charge is 2.16. The van der Waals surface area contributed by atoms with Crippen molar-refractivity contribution in [1.29, 1.82) is 0 Å². The fraction of sp³-hybridized carbons (Fsp3) is 0.188. The van der Waals surface area contributed by atoms with Crippen LogP contribution in [0.2, 0.25) is 0 Å². The molecule has 0 aliphatic carbocycles. The van der Waals surface area contributed by atoms with Crippen molar-refractivity contribution in [3.8, 4) is 0 Å². The van der Waals surface area contributed by atoms with Crippen LogP contribution in [-0.4, -0.2) is 19.5 Å². The summed E-state index contributed by atoms with van der Waals surface area (Å²) in [6.07, 6.45) is 0. The van der Waals surface area contributed by atoms with Crippen molar-refractivity contribution < 1.29 is 9.18 Å². The number of hydrogen-bond donors (Lipinski definition) is 2. The van der Waals surface area contributed by atoms with Crippen molar-refractivity contribution in [3.05, 3.63) is 53.8 Å². The van der Waals surface area contributed by atoms with Crippen LogP contribution in [0.1, 0.15) is 17.3 Å². The Balaban J connectivity index is 2.52. The highest BCUT2D eigenvalue weighted by atomic mass is 19.1. The number of anilines is 3. The van der Waals surface area contributed by atoms with Crippen LogP contribution in [0.5, 0.6) is 0 Å². The van der Waals surface area contributed by atoms with E-state index in [-0.39, 0.29) is 11.7 Å². The molecule has 110 valence electrons. The molecule has 0 aliphatic rings. The first-order valence-electron chi connectivity index (χ1n) is 6.72. The van der Waals surface area contributed by atoms with Gasteiger partial charge in [-0.2, -0.15) is 0 Å². The van der Waals surface area contributed by atoms with Gasteiger partial charge in [0, 0.05) is 19.2 Å². The lowest BCUT2D eigenvalue weighted by Gasteiger charge is -2.25. The molecule has 2 aromatic rings. The van der Waals surface area contributed by atoms with E-state index < -0.39 is 0 Å². The van der Waals surface area contributed by atoms with E-state index in [9.17, 15) is 9.18 Å². The van der Waals surface area contributed by atoms with Crippen LogP contribution in [0.4, 0.5) is 21.5 Å². The van der Waals surface area contributed by atoms with E-state index in [1.165, 1.54) is 6.07 Å². The van der Waals surface area contributed by atoms with Gasteiger partial charge in [-0.15, -0.1) is 0 Å². The fourth-order valence-corrected chi connectivity index (χ4v) is 2.20. The van der Waals surface area contributed by atoms with Gasteiger partial charge < -0.3 is 16.0 Å². The van der Waals surface area contributed by atoms with Crippen LogP contribution in [0, 0.1) is 5.82 Å². The second kappa shape index (κ2) is 6.26. The van der Waals surface area contributed by atoms with Gasteiger partial charge in [0.25, 0.3) is 5.91 Å². The van der Waals surface area contributed by atoms with Gasteiger partial charge >= 0.3 is 0 Å². The third kappa shape index (κ3) is 2.97. The molecule has 21 heavy (non-hydrogen) atoms. The summed E-state index contributed by atoms with van der Waals surface area (Å²) >= 11 is 0. The lowest BCUT2D eigenvalue weighted by atomic mass is 10.1. The first kappa shape index (κ1) is 14.8. The smallest absolute Gasteiger partial charge is 0.251 e. The quantitative estimate of drug-likeness (QED) is 0.850. The van der Waals surface area contributed by atoms with Crippen LogP contribution in [0.25, 0.3) is 0 Å². The molecule has 0 spiro atoms. The molecule has 0 atom stereocenters. The highest BCUT2D eigenvalue weighted by molar-refractivity contribution is 5.96. The standard InChI is InChI=1S/C16H18FN3O/c1-3-20(14-7-5-4-6-12(14)17)15-10-11(16(21)19-2)8-9-13(15)18/h4-10H,3,18H2,1-2H3,(H,19,21). The lowest BCUT2D eigenvalue weighted by Crippen LogP contribution is -2.21. The number of rotatable bonds is 4. The van der Waals surface area contributed by atoms with Crippen LogP contribution in [0.15, 0.2) is 42.5 Å². The fourth-order valence-electron chi connectivity index (χ4n) is 2.20. The molecule has 0 fully saturated rings. The first-order valence-corrected chi connectivity index (χ1v) is 6.72. The zero-order valence-electron chi connectivity index (χ0n) is 12.1. The minimum Gasteiger partial charge on any atom is -0.397 e. The van der Waals surface area contributed by atoms with E-state index in [4.69, 9.17) is 5.73 Å². The monoisotopic (exact) mass is 287 g/mol. The number of nitrogen functional groups attached to an aromatic ring is 1. The van der Waals surface area contributed by atoms with E-state index in [1.54, 1.807) is 48.3 Å². The van der Waals surface area contributed by atoms with Gasteiger partial charge in [0.1, 0.15) is 5.82 Å². The van der Waals surface area contributed by atoms with Crippen molar-refractivity contribution in [3.63, 3.8) is 0 Å². The third-order valence-electron chi connectivity index (χ3n) is 3.27. The van der Waals surface area contributed by atoms with Crippen molar-refractivity contribution in [2.45, 2.75) is 6.92 Å². The summed E-state index contributed by atoms with van der Waals surface area (Å²) in [6, 6.07) is 11.5. The Morgan fingerprint density at radius 2 is 1.95 bits per heavy atom. The summed E-state index contributed by atoms with van der Waals surface area (Å²) in [5.74, 6) is -0.537. The first-order chi connectivity index (χ1) is 10.1. The molecule has 0 unspecified atom stereocenters. The maximum atomic E-state index is 14.0. The highest BCUT2D eigenvalue weighted by Crippen LogP contribution is 2.32. The molecule has 5 heteroatoms. The molecule has 0 saturated carbocycles. The van der Waals surface area contributed by atoms with E-state index in [0.29, 0.717) is 29.2 Å². The Bertz CT molecular complexity index is 658. The number of nitrogens with one attached hydrogen (secondary N) is 1. The van der Waals surface area contributed by atoms with Crippen molar-refractivity contribution in [2.75, 3.05) is 24.2 Å². The van der Waals surface area contributed by atoms with Crippen LogP contribution in [-0.2, 0) is 0 Å². The lowest BCUT2D eigenvalue weighted by molar-refractivity contribution is 0.0963. The number of benzene rings is 2. The number of hydrogen-bond acceptors (Lipinski definition) is 3. The molecule has 0 radical (unpaired) electrons. The number of nitrogens with zero attached hydrogens (tertiary/aromatic N) is 1. The largest absolute Gasteiger partial charge is 0.397 e. The Hall–Kier alpha value is -2.56. The number of amides is 1. The maximum Gasteiger partial charge on any atom is 0.251 e. The van der Waals surface area contributed by atoms with Gasteiger partial charge in [0.2, 0.25) is 0 Å². The van der Waals surface area contributed by atoms with E-state index in [1.807, 2.05) is 6.92 Å². The summed E-state index contributed by atoms with van der Waals surface area (Å²) in [4.78, 5) is 13.5. The van der Waals surface area contributed by atoms with Gasteiger partial charge in [-0.3, -0.25) is 4.79 Å². The molecular formula is C16H18FN3O. The van der Waals surface area contributed by atoms with Crippen LogP contribution in [0.3, 0.4) is 0 Å². The van der Waals surface area contributed by atoms with Crippen molar-refractivity contribution in [2.24, 2.45) is 0 Å². The van der Waals surface area contributed by atoms with Crippen molar-refractivity contribution in [1.82, 2.24) is 5.32 Å². The number of halogens is 1. The molecule has 0 aromatic heterocycles. The summed E-state index contributed by atoms with van der Waals surface area (Å²) in [5, 5.41) is 2.56. The second-order valence-corrected chi connectivity index (χ2v) is 4.55. The molecule has 0 bridgehead atoms. The van der Waals surface area contributed by atoms with Gasteiger partial charge in [0.15, 0.2) is 0 Å². The van der Waals surface area contributed by atoms with Gasteiger partial charge in [-0.1, -0.05) is 12.1 Å². The third-order valence-corrected chi connectivity index (χ3v) is 3.27. The molecular weight excluding hydrogens is 269 g/mol. The van der Waals surface area contributed by atoms with E-state index in [0.717, 1.165) is 0 Å². The average Bonchev–Trinajstić information content (AvgIpc) is 2.50. The molecule has 2 aromatic carbocycles. The van der Waals surface area contributed by atoms with Crippen molar-refractivity contribution >= 4 is 23.0 Å². The molecule has 1 amide bonds. The zero-order valence-corrected chi connectivity index (χ0v) is 12.1. The molecule has 4 nitrogen and oxygen atoms in total. The molecule has 0 saturated heterocycles. The topological polar surface area (TPSA) is 58.4 Å². The van der Waals surface area contributed by atoms with E-state index in [2.05, 4.69) is 5.32 Å². The Morgan fingerprint density at radius 3 is 2.57 bits per heavy atom. The average molecular weight is 287 g/mol. The predicted octanol–water partition coefficient (Wildman–Crippen LogP) is 2.93. The maximum absolute atomic E-state index is 14.0. The Kier molecular flexibility index (Phi) is 4.42. The number of para-hydroxylation sites is 1. The van der Waals surface area contributed by atoms with Crippen LogP contribution >= 0.6 is 0 Å². The Labute approximate surface area is 123 Å². The molecule has 2 rings (SSSR count). The normalized spacial score (nSPS) is 10.2. The summed E-state index contributed by atoms with van der Waals surface area (Å²) < 4.78 is 14.0. The zero-order chi connectivity index (χ0) is 15.4. The molecule has 0 heterocycles. The summed E-state index contributed by atoms with van der Waals surface area (Å²) in [6.45, 7) is 2.43. The molecule has 0 aliphatic heterocycles. The molecule has 3 N–H and O–H groups in total. The summed E-state index contributed by atoms with van der Waals surface area (Å²) in [7, 11) is 1.56. The SMILES string of the molecule is CCN(c1cc(C(=O)NC)ccc1N)c1ccccc1F. The van der Waals surface area contributed by atoms with Crippen LogP contribution < -0.4 is 16.0 Å². The minimum atomic E-state index is -0.330. The predicted molar refractivity (Wildman–Crippen MR) is 83.3 cm³/mol. The second-order valence-electron chi connectivity index (χ2n) is 4.55.